The van der Waals surface area contributed by atoms with Gasteiger partial charge >= 0.3 is 0 Å². The monoisotopic (exact) mass is 258 g/mol. The van der Waals surface area contributed by atoms with Gasteiger partial charge in [0.05, 0.1) is 12.2 Å². The maximum absolute atomic E-state index is 13.2. The van der Waals surface area contributed by atoms with Crippen LogP contribution in [-0.2, 0) is 12.0 Å². The van der Waals surface area contributed by atoms with Gasteiger partial charge in [-0.3, -0.25) is 0 Å². The van der Waals surface area contributed by atoms with Gasteiger partial charge in [0.25, 0.3) is 0 Å². The van der Waals surface area contributed by atoms with E-state index in [9.17, 15) is 4.39 Å². The fourth-order valence-electron chi connectivity index (χ4n) is 2.05. The molecule has 1 aromatic carbocycles. The fraction of sp³-hybridized carbons (Fsp3) is 0.357. The van der Waals surface area contributed by atoms with E-state index in [0.717, 1.165) is 11.3 Å². The zero-order valence-corrected chi connectivity index (χ0v) is 11.2. The summed E-state index contributed by atoms with van der Waals surface area (Å²) in [5.74, 6) is -0.282. The van der Waals surface area contributed by atoms with Gasteiger partial charge in [-0.15, -0.1) is 5.10 Å². The predicted molar refractivity (Wildman–Crippen MR) is 68.9 cm³/mol. The maximum atomic E-state index is 13.2. The number of nitrogens with zero attached hydrogens (tertiary/aromatic N) is 4. The Morgan fingerprint density at radius 3 is 2.68 bits per heavy atom. The molecule has 0 saturated heterocycles. The summed E-state index contributed by atoms with van der Waals surface area (Å²) in [6.07, 6.45) is 0. The van der Waals surface area contributed by atoms with E-state index in [4.69, 9.17) is 5.26 Å². The summed E-state index contributed by atoms with van der Waals surface area (Å²) in [7, 11) is 0. The van der Waals surface area contributed by atoms with E-state index >= 15 is 0 Å². The Kier molecular flexibility index (Phi) is 3.34. The van der Waals surface area contributed by atoms with Crippen LogP contribution in [0.2, 0.25) is 0 Å². The second-order valence-electron chi connectivity index (χ2n) is 5.44. The molecule has 0 aliphatic carbocycles. The van der Waals surface area contributed by atoms with E-state index in [1.165, 1.54) is 12.1 Å². The van der Waals surface area contributed by atoms with E-state index in [-0.39, 0.29) is 11.2 Å². The first-order valence-corrected chi connectivity index (χ1v) is 6.00. The quantitative estimate of drug-likeness (QED) is 0.832. The lowest BCUT2D eigenvalue weighted by Gasteiger charge is -2.19. The second kappa shape index (κ2) is 4.81. The van der Waals surface area contributed by atoms with Crippen LogP contribution in [0.4, 0.5) is 4.39 Å². The SMILES string of the molecule is CC(C)(C)c1c(C#N)nnn1Cc1cccc(F)c1. The minimum absolute atomic E-state index is 0.248. The van der Waals surface area contributed by atoms with Gasteiger partial charge < -0.3 is 0 Å². The van der Waals surface area contributed by atoms with Gasteiger partial charge in [-0.25, -0.2) is 9.07 Å². The molecule has 98 valence electrons. The molecule has 0 fully saturated rings. The summed E-state index contributed by atoms with van der Waals surface area (Å²) < 4.78 is 14.8. The zero-order valence-electron chi connectivity index (χ0n) is 11.2. The van der Waals surface area contributed by atoms with Crippen molar-refractivity contribution in [3.63, 3.8) is 0 Å². The third-order valence-corrected chi connectivity index (χ3v) is 2.77. The van der Waals surface area contributed by atoms with Crippen molar-refractivity contribution >= 4 is 0 Å². The molecule has 1 heterocycles. The van der Waals surface area contributed by atoms with Crippen molar-refractivity contribution in [2.45, 2.75) is 32.7 Å². The van der Waals surface area contributed by atoms with Crippen LogP contribution in [0.25, 0.3) is 0 Å². The molecule has 2 rings (SSSR count). The molecule has 4 nitrogen and oxygen atoms in total. The van der Waals surface area contributed by atoms with Crippen molar-refractivity contribution in [3.8, 4) is 6.07 Å². The molecule has 5 heteroatoms. The van der Waals surface area contributed by atoms with Crippen molar-refractivity contribution in [2.75, 3.05) is 0 Å². The van der Waals surface area contributed by atoms with E-state index in [1.54, 1.807) is 10.7 Å². The first kappa shape index (κ1) is 13.2. The first-order chi connectivity index (χ1) is 8.91. The standard InChI is InChI=1S/C14H15FN4/c1-14(2,3)13-12(8-16)17-18-19(13)9-10-5-4-6-11(15)7-10/h4-7H,9H2,1-3H3. The van der Waals surface area contributed by atoms with E-state index in [2.05, 4.69) is 16.4 Å². The average molecular weight is 258 g/mol. The van der Waals surface area contributed by atoms with Crippen LogP contribution in [0.15, 0.2) is 24.3 Å². The molecule has 0 amide bonds. The Morgan fingerprint density at radius 2 is 2.11 bits per heavy atom. The highest BCUT2D eigenvalue weighted by Gasteiger charge is 2.25. The van der Waals surface area contributed by atoms with Crippen molar-refractivity contribution in [1.82, 2.24) is 15.0 Å². The number of halogens is 1. The molecule has 0 radical (unpaired) electrons. The van der Waals surface area contributed by atoms with Crippen molar-refractivity contribution < 1.29 is 4.39 Å². The third kappa shape index (κ3) is 2.79. The summed E-state index contributed by atoms with van der Waals surface area (Å²) in [5.41, 5.74) is 1.63. The lowest BCUT2D eigenvalue weighted by Crippen LogP contribution is -2.20. The Morgan fingerprint density at radius 1 is 1.37 bits per heavy atom. The van der Waals surface area contributed by atoms with Gasteiger partial charge in [-0.05, 0) is 17.7 Å². The molecule has 0 bridgehead atoms. The van der Waals surface area contributed by atoms with Crippen molar-refractivity contribution in [3.05, 3.63) is 47.0 Å². The number of rotatable bonds is 2. The van der Waals surface area contributed by atoms with Crippen LogP contribution in [0.3, 0.4) is 0 Å². The van der Waals surface area contributed by atoms with Crippen LogP contribution in [0.1, 0.15) is 37.7 Å². The van der Waals surface area contributed by atoms with Crippen molar-refractivity contribution in [1.29, 1.82) is 5.26 Å². The molecule has 0 N–H and O–H groups in total. The Balaban J connectivity index is 2.42. The van der Waals surface area contributed by atoms with E-state index < -0.39 is 0 Å². The highest BCUT2D eigenvalue weighted by Crippen LogP contribution is 2.24. The maximum Gasteiger partial charge on any atom is 0.186 e. The van der Waals surface area contributed by atoms with Crippen LogP contribution in [0, 0.1) is 17.1 Å². The Labute approximate surface area is 111 Å². The second-order valence-corrected chi connectivity index (χ2v) is 5.44. The molecular formula is C14H15FN4. The molecule has 19 heavy (non-hydrogen) atoms. The summed E-state index contributed by atoms with van der Waals surface area (Å²) in [6, 6.07) is 8.39. The molecule has 0 atom stereocenters. The molecule has 0 unspecified atom stereocenters. The Bertz CT molecular complexity index is 632. The number of hydrogen-bond acceptors (Lipinski definition) is 3. The van der Waals surface area contributed by atoms with Crippen molar-refractivity contribution in [2.24, 2.45) is 0 Å². The largest absolute Gasteiger partial charge is 0.243 e. The van der Waals surface area contributed by atoms with Gasteiger partial charge in [-0.2, -0.15) is 5.26 Å². The number of nitriles is 1. The molecule has 0 aliphatic rings. The number of benzene rings is 1. The van der Waals surface area contributed by atoms with E-state index in [0.29, 0.717) is 12.2 Å². The molecule has 2 aromatic rings. The fourth-order valence-corrected chi connectivity index (χ4v) is 2.05. The summed E-state index contributed by atoms with van der Waals surface area (Å²) in [6.45, 7) is 6.39. The smallest absolute Gasteiger partial charge is 0.186 e. The van der Waals surface area contributed by atoms with E-state index in [1.807, 2.05) is 26.8 Å². The van der Waals surface area contributed by atoms with Crippen LogP contribution in [-0.4, -0.2) is 15.0 Å². The highest BCUT2D eigenvalue weighted by atomic mass is 19.1. The summed E-state index contributed by atoms with van der Waals surface area (Å²) in [4.78, 5) is 0. The molecule has 0 spiro atoms. The van der Waals surface area contributed by atoms with Gasteiger partial charge in [-0.1, -0.05) is 38.1 Å². The Hall–Kier alpha value is -2.22. The lowest BCUT2D eigenvalue weighted by atomic mass is 9.90. The van der Waals surface area contributed by atoms with Gasteiger partial charge in [0.15, 0.2) is 5.69 Å². The normalized spacial score (nSPS) is 11.3. The minimum atomic E-state index is -0.282. The third-order valence-electron chi connectivity index (χ3n) is 2.77. The van der Waals surface area contributed by atoms with Crippen LogP contribution in [0.5, 0.6) is 0 Å². The molecule has 0 saturated carbocycles. The highest BCUT2D eigenvalue weighted by molar-refractivity contribution is 5.31. The van der Waals surface area contributed by atoms with Gasteiger partial charge in [0.2, 0.25) is 0 Å². The summed E-state index contributed by atoms with van der Waals surface area (Å²) >= 11 is 0. The number of hydrogen-bond donors (Lipinski definition) is 0. The summed E-state index contributed by atoms with van der Waals surface area (Å²) in [5, 5.41) is 17.0. The average Bonchev–Trinajstić information content (AvgIpc) is 2.71. The number of aromatic nitrogens is 3. The molecule has 1 aromatic heterocycles. The predicted octanol–water partition coefficient (Wildman–Crippen LogP) is 2.63. The van der Waals surface area contributed by atoms with Gasteiger partial charge in [0.1, 0.15) is 11.9 Å². The van der Waals surface area contributed by atoms with Crippen LogP contribution < -0.4 is 0 Å². The van der Waals surface area contributed by atoms with Gasteiger partial charge in [0, 0.05) is 5.41 Å². The topological polar surface area (TPSA) is 54.5 Å². The zero-order chi connectivity index (χ0) is 14.0. The minimum Gasteiger partial charge on any atom is -0.243 e. The van der Waals surface area contributed by atoms with Crippen LogP contribution >= 0.6 is 0 Å². The first-order valence-electron chi connectivity index (χ1n) is 6.00. The molecular weight excluding hydrogens is 243 g/mol. The molecule has 0 aliphatic heterocycles. The lowest BCUT2D eigenvalue weighted by molar-refractivity contribution is 0.500.